The van der Waals surface area contributed by atoms with Crippen LogP contribution in [0.2, 0.25) is 0 Å². The van der Waals surface area contributed by atoms with Crippen molar-refractivity contribution < 1.29 is 14.3 Å². The summed E-state index contributed by atoms with van der Waals surface area (Å²) in [5, 5.41) is 0. The molecule has 1 fully saturated rings. The van der Waals surface area contributed by atoms with Crippen LogP contribution in [-0.2, 0) is 9.53 Å². The molecule has 20 heavy (non-hydrogen) atoms. The van der Waals surface area contributed by atoms with Gasteiger partial charge in [-0.1, -0.05) is 0 Å². The molecule has 0 spiro atoms. The van der Waals surface area contributed by atoms with E-state index >= 15 is 0 Å². The maximum Gasteiger partial charge on any atom is 0.338 e. The second-order valence-electron chi connectivity index (χ2n) is 5.06. The standard InChI is InChI=1S/C15H20N2O3/c1-11(14(18)17-9-3-2-4-10-17)20-15(19)12-5-7-13(16)8-6-12/h5-8,11H,2-4,9-10,16H2,1H3. The SMILES string of the molecule is CC(OC(=O)c1ccc(N)cc1)C(=O)N1CCCCC1. The van der Waals surface area contributed by atoms with Crippen molar-refractivity contribution in [2.45, 2.75) is 32.3 Å². The molecule has 5 nitrogen and oxygen atoms in total. The number of esters is 1. The fourth-order valence-electron chi connectivity index (χ4n) is 2.27. The molecule has 108 valence electrons. The summed E-state index contributed by atoms with van der Waals surface area (Å²) in [6.45, 7) is 3.12. The first-order valence-electron chi connectivity index (χ1n) is 6.93. The summed E-state index contributed by atoms with van der Waals surface area (Å²) >= 11 is 0. The molecule has 0 radical (unpaired) electrons. The number of ether oxygens (including phenoxy) is 1. The molecule has 1 aromatic carbocycles. The van der Waals surface area contributed by atoms with Crippen LogP contribution in [0.3, 0.4) is 0 Å². The molecule has 1 saturated heterocycles. The summed E-state index contributed by atoms with van der Waals surface area (Å²) in [6.07, 6.45) is 2.44. The summed E-state index contributed by atoms with van der Waals surface area (Å²) in [4.78, 5) is 25.8. The van der Waals surface area contributed by atoms with Crippen molar-refractivity contribution in [1.29, 1.82) is 0 Å². The minimum absolute atomic E-state index is 0.117. The molecule has 0 saturated carbocycles. The molecule has 1 aliphatic heterocycles. The lowest BCUT2D eigenvalue weighted by atomic mass is 10.1. The summed E-state index contributed by atoms with van der Waals surface area (Å²) in [7, 11) is 0. The maximum atomic E-state index is 12.1. The number of carbonyl (C=O) groups is 2. The zero-order valence-electron chi connectivity index (χ0n) is 11.7. The van der Waals surface area contributed by atoms with Gasteiger partial charge in [0, 0.05) is 18.8 Å². The molecule has 2 rings (SSSR count). The lowest BCUT2D eigenvalue weighted by Gasteiger charge is -2.28. The number of benzene rings is 1. The van der Waals surface area contributed by atoms with Crippen LogP contribution in [0.4, 0.5) is 5.69 Å². The molecule has 1 unspecified atom stereocenters. The van der Waals surface area contributed by atoms with E-state index in [0.717, 1.165) is 32.4 Å². The number of nitrogens with two attached hydrogens (primary N) is 1. The number of nitrogen functional groups attached to an aromatic ring is 1. The van der Waals surface area contributed by atoms with Crippen LogP contribution in [0, 0.1) is 0 Å². The van der Waals surface area contributed by atoms with Crippen molar-refractivity contribution in [2.24, 2.45) is 0 Å². The van der Waals surface area contributed by atoms with Gasteiger partial charge in [0.25, 0.3) is 5.91 Å². The smallest absolute Gasteiger partial charge is 0.338 e. The van der Waals surface area contributed by atoms with E-state index in [1.54, 1.807) is 36.1 Å². The van der Waals surface area contributed by atoms with Crippen LogP contribution in [0.5, 0.6) is 0 Å². The van der Waals surface area contributed by atoms with Gasteiger partial charge in [-0.25, -0.2) is 4.79 Å². The van der Waals surface area contributed by atoms with E-state index in [0.29, 0.717) is 11.3 Å². The summed E-state index contributed by atoms with van der Waals surface area (Å²) in [5.41, 5.74) is 6.54. The number of hydrogen-bond donors (Lipinski definition) is 1. The number of nitrogens with zero attached hydrogens (tertiary/aromatic N) is 1. The summed E-state index contributed by atoms with van der Waals surface area (Å²) < 4.78 is 5.22. The molecule has 5 heteroatoms. The first-order valence-corrected chi connectivity index (χ1v) is 6.93. The van der Waals surface area contributed by atoms with Crippen molar-refractivity contribution in [3.63, 3.8) is 0 Å². The van der Waals surface area contributed by atoms with Gasteiger partial charge in [0.2, 0.25) is 0 Å². The zero-order valence-corrected chi connectivity index (χ0v) is 11.7. The maximum absolute atomic E-state index is 12.1. The van der Waals surface area contributed by atoms with Crippen molar-refractivity contribution in [1.82, 2.24) is 4.90 Å². The van der Waals surface area contributed by atoms with Crippen molar-refractivity contribution in [3.8, 4) is 0 Å². The Hall–Kier alpha value is -2.04. The highest BCUT2D eigenvalue weighted by molar-refractivity contribution is 5.92. The van der Waals surface area contributed by atoms with Crippen molar-refractivity contribution in [2.75, 3.05) is 18.8 Å². The minimum atomic E-state index is -0.752. The quantitative estimate of drug-likeness (QED) is 0.675. The normalized spacial score (nSPS) is 16.6. The van der Waals surface area contributed by atoms with Gasteiger partial charge in [-0.15, -0.1) is 0 Å². The average molecular weight is 276 g/mol. The molecule has 1 atom stereocenters. The third-order valence-electron chi connectivity index (χ3n) is 3.45. The molecule has 1 heterocycles. The molecular formula is C15H20N2O3. The van der Waals surface area contributed by atoms with E-state index in [2.05, 4.69) is 0 Å². The first kappa shape index (κ1) is 14.4. The van der Waals surface area contributed by atoms with Gasteiger partial charge >= 0.3 is 5.97 Å². The third-order valence-corrected chi connectivity index (χ3v) is 3.45. The number of amides is 1. The Kier molecular flexibility index (Phi) is 4.61. The van der Waals surface area contributed by atoms with Crippen LogP contribution in [0.15, 0.2) is 24.3 Å². The molecule has 1 aromatic rings. The predicted octanol–water partition coefficient (Wildman–Crippen LogP) is 1.83. The van der Waals surface area contributed by atoms with Crippen LogP contribution in [-0.4, -0.2) is 36.0 Å². The van der Waals surface area contributed by atoms with Gasteiger partial charge in [-0.3, -0.25) is 4.79 Å². The molecular weight excluding hydrogens is 256 g/mol. The van der Waals surface area contributed by atoms with E-state index in [9.17, 15) is 9.59 Å². The van der Waals surface area contributed by atoms with E-state index < -0.39 is 12.1 Å². The fraction of sp³-hybridized carbons (Fsp3) is 0.467. The number of carbonyl (C=O) groups excluding carboxylic acids is 2. The number of piperidine rings is 1. The summed E-state index contributed by atoms with van der Waals surface area (Å²) in [5.74, 6) is -0.614. The van der Waals surface area contributed by atoms with Crippen LogP contribution >= 0.6 is 0 Å². The number of anilines is 1. The second-order valence-corrected chi connectivity index (χ2v) is 5.06. The summed E-state index contributed by atoms with van der Waals surface area (Å²) in [6, 6.07) is 6.45. The average Bonchev–Trinajstić information content (AvgIpc) is 2.48. The second kappa shape index (κ2) is 6.41. The van der Waals surface area contributed by atoms with Crippen molar-refractivity contribution >= 4 is 17.6 Å². The largest absolute Gasteiger partial charge is 0.449 e. The highest BCUT2D eigenvalue weighted by atomic mass is 16.5. The molecule has 0 aromatic heterocycles. The molecule has 1 amide bonds. The monoisotopic (exact) mass is 276 g/mol. The van der Waals surface area contributed by atoms with E-state index in [4.69, 9.17) is 10.5 Å². The topological polar surface area (TPSA) is 72.6 Å². The Morgan fingerprint density at radius 3 is 2.35 bits per heavy atom. The highest BCUT2D eigenvalue weighted by Gasteiger charge is 2.25. The Morgan fingerprint density at radius 1 is 1.15 bits per heavy atom. The molecule has 0 bridgehead atoms. The Balaban J connectivity index is 1.92. The number of hydrogen-bond acceptors (Lipinski definition) is 4. The predicted molar refractivity (Wildman–Crippen MR) is 76.2 cm³/mol. The van der Waals surface area contributed by atoms with Gasteiger partial charge in [0.1, 0.15) is 0 Å². The fourth-order valence-corrected chi connectivity index (χ4v) is 2.27. The van der Waals surface area contributed by atoms with Gasteiger partial charge in [-0.05, 0) is 50.5 Å². The van der Waals surface area contributed by atoms with Crippen LogP contribution in [0.25, 0.3) is 0 Å². The van der Waals surface area contributed by atoms with Crippen molar-refractivity contribution in [3.05, 3.63) is 29.8 Å². The number of likely N-dealkylation sites (tertiary alicyclic amines) is 1. The Bertz CT molecular complexity index is 478. The van der Waals surface area contributed by atoms with Gasteiger partial charge in [0.15, 0.2) is 6.10 Å². The minimum Gasteiger partial charge on any atom is -0.449 e. The molecule has 2 N–H and O–H groups in total. The van der Waals surface area contributed by atoms with E-state index in [-0.39, 0.29) is 5.91 Å². The third kappa shape index (κ3) is 3.50. The Labute approximate surface area is 118 Å². The molecule has 0 aliphatic carbocycles. The lowest BCUT2D eigenvalue weighted by molar-refractivity contribution is -0.140. The molecule has 1 aliphatic rings. The van der Waals surface area contributed by atoms with E-state index in [1.807, 2.05) is 0 Å². The van der Waals surface area contributed by atoms with Gasteiger partial charge < -0.3 is 15.4 Å². The number of rotatable bonds is 3. The Morgan fingerprint density at radius 2 is 1.75 bits per heavy atom. The van der Waals surface area contributed by atoms with Crippen LogP contribution in [0.1, 0.15) is 36.5 Å². The van der Waals surface area contributed by atoms with Gasteiger partial charge in [0.05, 0.1) is 5.56 Å². The van der Waals surface area contributed by atoms with E-state index in [1.165, 1.54) is 0 Å². The van der Waals surface area contributed by atoms with Crippen LogP contribution < -0.4 is 5.73 Å². The first-order chi connectivity index (χ1) is 9.58. The lowest BCUT2D eigenvalue weighted by Crippen LogP contribution is -2.42. The van der Waals surface area contributed by atoms with Gasteiger partial charge in [-0.2, -0.15) is 0 Å². The zero-order chi connectivity index (χ0) is 14.5. The highest BCUT2D eigenvalue weighted by Crippen LogP contribution is 2.13.